The molecule has 0 unspecified atom stereocenters. The van der Waals surface area contributed by atoms with Crippen molar-refractivity contribution in [1.29, 1.82) is 0 Å². The Morgan fingerprint density at radius 1 is 1.36 bits per heavy atom. The van der Waals surface area contributed by atoms with Crippen LogP contribution in [0.3, 0.4) is 0 Å². The van der Waals surface area contributed by atoms with Gasteiger partial charge in [-0.25, -0.2) is 14.5 Å². The first-order valence-corrected chi connectivity index (χ1v) is 4.13. The van der Waals surface area contributed by atoms with Gasteiger partial charge < -0.3 is 4.42 Å². The van der Waals surface area contributed by atoms with Crippen LogP contribution in [0.15, 0.2) is 41.5 Å². The molecule has 0 aliphatic heterocycles. The molecule has 68 valence electrons. The molecule has 0 spiro atoms. The average molecular weight is 186 g/mol. The summed E-state index contributed by atoms with van der Waals surface area (Å²) in [6.07, 6.45) is 6.57. The van der Waals surface area contributed by atoms with Gasteiger partial charge in [-0.15, -0.1) is 0 Å². The Kier molecular flexibility index (Phi) is 1.38. The second-order valence-electron chi connectivity index (χ2n) is 2.82. The van der Waals surface area contributed by atoms with Crippen LogP contribution in [0, 0.1) is 0 Å². The SMILES string of the molecule is c1cnc2cc(-c3cnco3)nn2c1. The van der Waals surface area contributed by atoms with Gasteiger partial charge in [0.1, 0.15) is 5.69 Å². The molecule has 3 aromatic rings. The molecule has 3 rings (SSSR count). The molecule has 0 aliphatic rings. The number of hydrogen-bond acceptors (Lipinski definition) is 4. The van der Waals surface area contributed by atoms with Gasteiger partial charge in [0.05, 0.1) is 6.20 Å². The molecule has 0 fully saturated rings. The zero-order valence-corrected chi connectivity index (χ0v) is 7.16. The van der Waals surface area contributed by atoms with E-state index in [1.807, 2.05) is 18.3 Å². The van der Waals surface area contributed by atoms with Crippen LogP contribution in [-0.2, 0) is 0 Å². The van der Waals surface area contributed by atoms with Gasteiger partial charge >= 0.3 is 0 Å². The Bertz CT molecular complexity index is 522. The van der Waals surface area contributed by atoms with E-state index in [1.54, 1.807) is 16.9 Å². The van der Waals surface area contributed by atoms with Crippen molar-refractivity contribution in [3.63, 3.8) is 0 Å². The van der Waals surface area contributed by atoms with E-state index in [4.69, 9.17) is 4.42 Å². The molecule has 0 aliphatic carbocycles. The minimum atomic E-state index is 0.649. The van der Waals surface area contributed by atoms with E-state index in [0.717, 1.165) is 11.3 Å². The molecule has 0 saturated heterocycles. The fourth-order valence-corrected chi connectivity index (χ4v) is 1.29. The summed E-state index contributed by atoms with van der Waals surface area (Å²) in [6, 6.07) is 3.67. The molecular weight excluding hydrogens is 180 g/mol. The highest BCUT2D eigenvalue weighted by atomic mass is 16.3. The van der Waals surface area contributed by atoms with E-state index in [1.165, 1.54) is 6.39 Å². The van der Waals surface area contributed by atoms with Gasteiger partial charge in [-0.3, -0.25) is 0 Å². The maximum absolute atomic E-state index is 5.13. The van der Waals surface area contributed by atoms with Crippen LogP contribution in [0.4, 0.5) is 0 Å². The first-order valence-electron chi connectivity index (χ1n) is 4.13. The number of oxazole rings is 1. The number of nitrogens with zero attached hydrogens (tertiary/aromatic N) is 4. The number of fused-ring (bicyclic) bond motifs is 1. The summed E-state index contributed by atoms with van der Waals surface area (Å²) in [7, 11) is 0. The molecule has 0 radical (unpaired) electrons. The molecule has 0 N–H and O–H groups in total. The molecule has 0 amide bonds. The first-order chi connectivity index (χ1) is 6.93. The number of aromatic nitrogens is 4. The standard InChI is InChI=1S/C9H6N4O/c1-2-11-9-4-7(12-13(9)3-1)8-5-10-6-14-8/h1-6H. The molecule has 5 heteroatoms. The zero-order chi connectivity index (χ0) is 9.38. The molecular formula is C9H6N4O. The Balaban J connectivity index is 2.24. The number of hydrogen-bond donors (Lipinski definition) is 0. The van der Waals surface area contributed by atoms with Crippen molar-refractivity contribution in [3.8, 4) is 11.5 Å². The molecule has 3 heterocycles. The Hall–Kier alpha value is -2.17. The van der Waals surface area contributed by atoms with Crippen molar-refractivity contribution in [2.75, 3.05) is 0 Å². The smallest absolute Gasteiger partial charge is 0.181 e. The lowest BCUT2D eigenvalue weighted by Gasteiger charge is -1.86. The van der Waals surface area contributed by atoms with E-state index in [0.29, 0.717) is 5.76 Å². The van der Waals surface area contributed by atoms with E-state index in [2.05, 4.69) is 15.1 Å². The van der Waals surface area contributed by atoms with Crippen molar-refractivity contribution in [1.82, 2.24) is 19.6 Å². The fourth-order valence-electron chi connectivity index (χ4n) is 1.29. The van der Waals surface area contributed by atoms with Gasteiger partial charge in [0.15, 0.2) is 17.8 Å². The van der Waals surface area contributed by atoms with Gasteiger partial charge in [0.25, 0.3) is 0 Å². The monoisotopic (exact) mass is 186 g/mol. The van der Waals surface area contributed by atoms with Crippen LogP contribution in [0.5, 0.6) is 0 Å². The Labute approximate surface area is 79.0 Å². The van der Waals surface area contributed by atoms with Crippen molar-refractivity contribution in [2.45, 2.75) is 0 Å². The van der Waals surface area contributed by atoms with Crippen molar-refractivity contribution in [3.05, 3.63) is 37.1 Å². The summed E-state index contributed by atoms with van der Waals surface area (Å²) in [5, 5.41) is 4.28. The molecule has 0 aromatic carbocycles. The zero-order valence-electron chi connectivity index (χ0n) is 7.16. The quantitative estimate of drug-likeness (QED) is 0.576. The first kappa shape index (κ1) is 7.25. The van der Waals surface area contributed by atoms with Gasteiger partial charge in [0.2, 0.25) is 0 Å². The summed E-state index contributed by atoms with van der Waals surface area (Å²) < 4.78 is 6.83. The van der Waals surface area contributed by atoms with E-state index >= 15 is 0 Å². The molecule has 0 bridgehead atoms. The average Bonchev–Trinajstić information content (AvgIpc) is 2.86. The predicted octanol–water partition coefficient (Wildman–Crippen LogP) is 1.38. The minimum absolute atomic E-state index is 0.649. The highest BCUT2D eigenvalue weighted by Crippen LogP contribution is 2.17. The molecule has 0 atom stereocenters. The lowest BCUT2D eigenvalue weighted by molar-refractivity contribution is 0.569. The molecule has 3 aromatic heterocycles. The largest absolute Gasteiger partial charge is 0.442 e. The third-order valence-corrected chi connectivity index (χ3v) is 1.92. The van der Waals surface area contributed by atoms with E-state index in [9.17, 15) is 0 Å². The maximum Gasteiger partial charge on any atom is 0.181 e. The minimum Gasteiger partial charge on any atom is -0.442 e. The number of rotatable bonds is 1. The lowest BCUT2D eigenvalue weighted by Crippen LogP contribution is -1.86. The van der Waals surface area contributed by atoms with Crippen LogP contribution in [-0.4, -0.2) is 19.6 Å². The van der Waals surface area contributed by atoms with Gasteiger partial charge in [0, 0.05) is 18.5 Å². The maximum atomic E-state index is 5.13. The molecule has 5 nitrogen and oxygen atoms in total. The summed E-state index contributed by atoms with van der Waals surface area (Å²) >= 11 is 0. The summed E-state index contributed by atoms with van der Waals surface area (Å²) in [4.78, 5) is 7.98. The van der Waals surface area contributed by atoms with Crippen LogP contribution >= 0.6 is 0 Å². The van der Waals surface area contributed by atoms with Gasteiger partial charge in [-0.05, 0) is 6.07 Å². The topological polar surface area (TPSA) is 56.2 Å². The van der Waals surface area contributed by atoms with Crippen molar-refractivity contribution in [2.24, 2.45) is 0 Å². The van der Waals surface area contributed by atoms with Crippen molar-refractivity contribution >= 4 is 5.65 Å². The summed E-state index contributed by atoms with van der Waals surface area (Å²) in [5.41, 5.74) is 1.53. The second kappa shape index (κ2) is 2.66. The third-order valence-electron chi connectivity index (χ3n) is 1.92. The Morgan fingerprint density at radius 3 is 3.14 bits per heavy atom. The Morgan fingerprint density at radius 2 is 2.36 bits per heavy atom. The van der Waals surface area contributed by atoms with Crippen LogP contribution in [0.1, 0.15) is 0 Å². The van der Waals surface area contributed by atoms with E-state index < -0.39 is 0 Å². The second-order valence-corrected chi connectivity index (χ2v) is 2.82. The summed E-state index contributed by atoms with van der Waals surface area (Å²) in [5.74, 6) is 0.649. The highest BCUT2D eigenvalue weighted by Gasteiger charge is 2.06. The summed E-state index contributed by atoms with van der Waals surface area (Å²) in [6.45, 7) is 0. The van der Waals surface area contributed by atoms with Crippen LogP contribution < -0.4 is 0 Å². The van der Waals surface area contributed by atoms with Gasteiger partial charge in [-0.2, -0.15) is 5.10 Å². The lowest BCUT2D eigenvalue weighted by atomic mass is 10.3. The third kappa shape index (κ3) is 0.990. The van der Waals surface area contributed by atoms with E-state index in [-0.39, 0.29) is 0 Å². The normalized spacial score (nSPS) is 10.9. The van der Waals surface area contributed by atoms with Crippen molar-refractivity contribution < 1.29 is 4.42 Å². The molecule has 0 saturated carbocycles. The van der Waals surface area contributed by atoms with Crippen LogP contribution in [0.2, 0.25) is 0 Å². The fraction of sp³-hybridized carbons (Fsp3) is 0. The van der Waals surface area contributed by atoms with Crippen LogP contribution in [0.25, 0.3) is 17.1 Å². The highest BCUT2D eigenvalue weighted by molar-refractivity contribution is 5.57. The molecule has 14 heavy (non-hydrogen) atoms. The van der Waals surface area contributed by atoms with Gasteiger partial charge in [-0.1, -0.05) is 0 Å². The predicted molar refractivity (Wildman–Crippen MR) is 48.5 cm³/mol.